The summed E-state index contributed by atoms with van der Waals surface area (Å²) in [7, 11) is 1.37. The number of ether oxygens (including phenoxy) is 1. The zero-order valence-electron chi connectivity index (χ0n) is 15.4. The number of rotatable bonds is 5. The van der Waals surface area contributed by atoms with Gasteiger partial charge in [0.1, 0.15) is 5.00 Å². The number of halogens is 1. The Morgan fingerprint density at radius 1 is 1.33 bits per heavy atom. The molecular weight excluding hydrogens is 382 g/mol. The molecule has 142 valence electrons. The van der Waals surface area contributed by atoms with Gasteiger partial charge in [-0.3, -0.25) is 4.79 Å². The summed E-state index contributed by atoms with van der Waals surface area (Å²) in [6.07, 6.45) is 7.16. The van der Waals surface area contributed by atoms with Gasteiger partial charge in [0.05, 0.1) is 12.7 Å². The fourth-order valence-electron chi connectivity index (χ4n) is 3.31. The Bertz CT molecular complexity index is 870. The van der Waals surface area contributed by atoms with Gasteiger partial charge in [0.25, 0.3) is 0 Å². The van der Waals surface area contributed by atoms with Crippen molar-refractivity contribution in [2.75, 3.05) is 12.4 Å². The van der Waals surface area contributed by atoms with Gasteiger partial charge in [0.15, 0.2) is 0 Å². The van der Waals surface area contributed by atoms with Crippen LogP contribution in [0.5, 0.6) is 0 Å². The van der Waals surface area contributed by atoms with Crippen molar-refractivity contribution >= 4 is 45.9 Å². The minimum Gasteiger partial charge on any atom is -0.465 e. The number of hydrogen-bond donors (Lipinski definition) is 1. The summed E-state index contributed by atoms with van der Waals surface area (Å²) in [5, 5.41) is 4.09. The third kappa shape index (κ3) is 4.60. The smallest absolute Gasteiger partial charge is 0.341 e. The zero-order valence-corrected chi connectivity index (χ0v) is 17.0. The molecule has 1 unspecified atom stereocenters. The number of carbonyl (C=O) groups excluding carboxylic acids is 2. The maximum atomic E-state index is 12.4. The highest BCUT2D eigenvalue weighted by atomic mass is 35.5. The largest absolute Gasteiger partial charge is 0.465 e. The van der Waals surface area contributed by atoms with E-state index >= 15 is 0 Å². The van der Waals surface area contributed by atoms with E-state index in [4.69, 9.17) is 16.3 Å². The Hall–Kier alpha value is -2.11. The fourth-order valence-corrected chi connectivity index (χ4v) is 4.79. The van der Waals surface area contributed by atoms with Crippen LogP contribution in [-0.4, -0.2) is 19.0 Å². The Balaban J connectivity index is 1.81. The van der Waals surface area contributed by atoms with E-state index in [0.717, 1.165) is 36.8 Å². The van der Waals surface area contributed by atoms with Crippen LogP contribution in [0.3, 0.4) is 0 Å². The number of benzene rings is 1. The van der Waals surface area contributed by atoms with E-state index in [-0.39, 0.29) is 11.9 Å². The number of fused-ring (bicyclic) bond motifs is 1. The van der Waals surface area contributed by atoms with Gasteiger partial charge in [0, 0.05) is 16.0 Å². The first-order valence-electron chi connectivity index (χ1n) is 8.99. The number of esters is 1. The third-order valence-electron chi connectivity index (χ3n) is 4.87. The zero-order chi connectivity index (χ0) is 19.4. The van der Waals surface area contributed by atoms with Gasteiger partial charge in [-0.15, -0.1) is 11.3 Å². The minimum absolute atomic E-state index is 0.277. The van der Waals surface area contributed by atoms with Crippen molar-refractivity contribution in [1.29, 1.82) is 0 Å². The minimum atomic E-state index is -0.389. The molecule has 3 rings (SSSR count). The van der Waals surface area contributed by atoms with Crippen molar-refractivity contribution in [1.82, 2.24) is 0 Å². The number of carbonyl (C=O) groups is 2. The summed E-state index contributed by atoms with van der Waals surface area (Å²) < 4.78 is 4.96. The summed E-state index contributed by atoms with van der Waals surface area (Å²) in [6, 6.07) is 7.21. The Labute approximate surface area is 168 Å². The number of thiophene rings is 1. The average molecular weight is 404 g/mol. The van der Waals surface area contributed by atoms with Crippen LogP contribution in [0.15, 0.2) is 30.3 Å². The summed E-state index contributed by atoms with van der Waals surface area (Å²) in [5.74, 6) is -0.0323. The molecule has 0 saturated heterocycles. The Morgan fingerprint density at radius 2 is 2.07 bits per heavy atom. The Morgan fingerprint density at radius 3 is 2.74 bits per heavy atom. The van der Waals surface area contributed by atoms with E-state index in [2.05, 4.69) is 12.2 Å². The average Bonchev–Trinajstić information content (AvgIpc) is 3.03. The standard InChI is InChI=1S/C21H22ClNO3S/c1-3-13-6-10-16-17(12-13)27-20(19(16)21(25)26-2)23-18(24)11-7-14-4-8-15(22)9-5-14/h4-5,7-9,11,13H,3,6,10,12H2,1-2H3,(H,23,24). The second-order valence-electron chi connectivity index (χ2n) is 6.59. The summed E-state index contributed by atoms with van der Waals surface area (Å²) in [5.41, 5.74) is 2.42. The van der Waals surface area contributed by atoms with E-state index in [1.165, 1.54) is 29.4 Å². The van der Waals surface area contributed by atoms with Crippen LogP contribution in [0.4, 0.5) is 5.00 Å². The second-order valence-corrected chi connectivity index (χ2v) is 8.13. The molecule has 6 heteroatoms. The number of anilines is 1. The van der Waals surface area contributed by atoms with Gasteiger partial charge in [-0.25, -0.2) is 4.79 Å². The highest BCUT2D eigenvalue weighted by Crippen LogP contribution is 2.40. The first kappa shape index (κ1) is 19.6. The molecule has 1 atom stereocenters. The van der Waals surface area contributed by atoms with Crippen LogP contribution in [0.25, 0.3) is 6.08 Å². The second kappa shape index (κ2) is 8.72. The number of hydrogen-bond acceptors (Lipinski definition) is 4. The van der Waals surface area contributed by atoms with Crippen LogP contribution < -0.4 is 5.32 Å². The van der Waals surface area contributed by atoms with Gasteiger partial charge in [0.2, 0.25) is 5.91 Å². The predicted octanol–water partition coefficient (Wildman–Crippen LogP) is 5.35. The quantitative estimate of drug-likeness (QED) is 0.540. The molecule has 2 aromatic rings. The van der Waals surface area contributed by atoms with Crippen LogP contribution in [0.1, 0.15) is 46.1 Å². The maximum Gasteiger partial charge on any atom is 0.341 e. The molecule has 1 aromatic heterocycles. The van der Waals surface area contributed by atoms with Crippen molar-refractivity contribution in [2.45, 2.75) is 32.6 Å². The number of nitrogens with one attached hydrogen (secondary N) is 1. The van der Waals surface area contributed by atoms with Crippen molar-refractivity contribution in [3.8, 4) is 0 Å². The van der Waals surface area contributed by atoms with Crippen LogP contribution in [0, 0.1) is 5.92 Å². The topological polar surface area (TPSA) is 55.4 Å². The first-order chi connectivity index (χ1) is 13.0. The summed E-state index contributed by atoms with van der Waals surface area (Å²) in [6.45, 7) is 2.19. The third-order valence-corrected chi connectivity index (χ3v) is 6.29. The Kier molecular flexibility index (Phi) is 6.34. The molecule has 0 radical (unpaired) electrons. The summed E-state index contributed by atoms with van der Waals surface area (Å²) >= 11 is 7.36. The lowest BCUT2D eigenvalue weighted by Crippen LogP contribution is -2.15. The highest BCUT2D eigenvalue weighted by molar-refractivity contribution is 7.17. The molecule has 0 aliphatic heterocycles. The van der Waals surface area contributed by atoms with Crippen LogP contribution in [0.2, 0.25) is 5.02 Å². The number of amides is 1. The van der Waals surface area contributed by atoms with E-state index in [0.29, 0.717) is 21.5 Å². The normalized spacial score (nSPS) is 16.2. The molecule has 1 aliphatic rings. The molecule has 1 aromatic carbocycles. The van der Waals surface area contributed by atoms with Gasteiger partial charge in [-0.2, -0.15) is 0 Å². The van der Waals surface area contributed by atoms with Gasteiger partial charge < -0.3 is 10.1 Å². The van der Waals surface area contributed by atoms with E-state index in [1.807, 2.05) is 12.1 Å². The summed E-state index contributed by atoms with van der Waals surface area (Å²) in [4.78, 5) is 25.9. The lowest BCUT2D eigenvalue weighted by atomic mass is 9.86. The molecule has 1 heterocycles. The lowest BCUT2D eigenvalue weighted by Gasteiger charge is -2.20. The fraction of sp³-hybridized carbons (Fsp3) is 0.333. The molecule has 27 heavy (non-hydrogen) atoms. The first-order valence-corrected chi connectivity index (χ1v) is 10.2. The molecule has 0 spiro atoms. The molecule has 0 bridgehead atoms. The molecule has 0 saturated carbocycles. The molecule has 0 fully saturated rings. The predicted molar refractivity (Wildman–Crippen MR) is 111 cm³/mol. The molecule has 4 nitrogen and oxygen atoms in total. The van der Waals surface area contributed by atoms with Crippen LogP contribution >= 0.6 is 22.9 Å². The molecular formula is C21H22ClNO3S. The highest BCUT2D eigenvalue weighted by Gasteiger charge is 2.29. The van der Waals surface area contributed by atoms with Gasteiger partial charge >= 0.3 is 5.97 Å². The monoisotopic (exact) mass is 403 g/mol. The lowest BCUT2D eigenvalue weighted by molar-refractivity contribution is -0.111. The van der Waals surface area contributed by atoms with Gasteiger partial charge in [-0.1, -0.05) is 37.1 Å². The van der Waals surface area contributed by atoms with E-state index < -0.39 is 0 Å². The molecule has 1 amide bonds. The maximum absolute atomic E-state index is 12.4. The van der Waals surface area contributed by atoms with Crippen molar-refractivity contribution in [3.63, 3.8) is 0 Å². The molecule has 1 aliphatic carbocycles. The van der Waals surface area contributed by atoms with E-state index in [1.54, 1.807) is 18.2 Å². The van der Waals surface area contributed by atoms with Crippen molar-refractivity contribution < 1.29 is 14.3 Å². The van der Waals surface area contributed by atoms with E-state index in [9.17, 15) is 9.59 Å². The van der Waals surface area contributed by atoms with Crippen molar-refractivity contribution in [2.24, 2.45) is 5.92 Å². The van der Waals surface area contributed by atoms with Gasteiger partial charge in [-0.05, 0) is 54.5 Å². The number of methoxy groups -OCH3 is 1. The van der Waals surface area contributed by atoms with Crippen LogP contribution in [-0.2, 0) is 22.4 Å². The SMILES string of the molecule is CCC1CCc2c(sc(NC(=O)C=Cc3ccc(Cl)cc3)c2C(=O)OC)C1. The molecule has 1 N–H and O–H groups in total. The van der Waals surface area contributed by atoms with Crippen molar-refractivity contribution in [3.05, 3.63) is 56.9 Å².